The van der Waals surface area contributed by atoms with E-state index in [1.165, 1.54) is 26.2 Å². The Morgan fingerprint density at radius 3 is 2.44 bits per heavy atom. The van der Waals surface area contributed by atoms with E-state index in [-0.39, 0.29) is 18.1 Å². The zero-order valence-corrected chi connectivity index (χ0v) is 23.3. The number of ketones is 1. The number of alkyl halides is 1. The Kier molecular flexibility index (Phi) is 6.51. The molecule has 36 heavy (non-hydrogen) atoms. The molecule has 4 aliphatic rings. The number of allylic oxidation sites excluding steroid dienone is 6. The standard InChI is InChI=1S/C28H37FO6Si/c1-17(30)33-16-24(35-36(5,6)7)23-11-10-21-22-9-8-19-14-20(32)12-13-27(19,4)28(22,29)25(34-18(2)31)15-26(21,23)3/h11-14,16,21-22,25H,8-10,15H2,1-7H3/b24-16-/t21-,22-,25-,26-,27-,28-/m0/s1. The van der Waals surface area contributed by atoms with Crippen molar-refractivity contribution >= 4 is 26.0 Å². The molecule has 2 fully saturated rings. The Hall–Kier alpha value is -2.48. The zero-order valence-electron chi connectivity index (χ0n) is 22.3. The van der Waals surface area contributed by atoms with Crippen molar-refractivity contribution in [1.82, 2.24) is 0 Å². The lowest BCUT2D eigenvalue weighted by molar-refractivity contribution is -0.206. The van der Waals surface area contributed by atoms with Gasteiger partial charge in [-0.25, -0.2) is 4.39 Å². The summed E-state index contributed by atoms with van der Waals surface area (Å²) in [6.07, 6.45) is 9.15. The number of rotatable bonds is 5. The molecule has 2 saturated carbocycles. The van der Waals surface area contributed by atoms with Gasteiger partial charge >= 0.3 is 11.9 Å². The maximum atomic E-state index is 17.7. The second-order valence-corrected chi connectivity index (χ2v) is 16.4. The predicted octanol–water partition coefficient (Wildman–Crippen LogP) is 5.72. The average Bonchev–Trinajstić information content (AvgIpc) is 3.08. The van der Waals surface area contributed by atoms with Crippen molar-refractivity contribution in [3.63, 3.8) is 0 Å². The van der Waals surface area contributed by atoms with Crippen LogP contribution in [0.15, 0.2) is 47.5 Å². The van der Waals surface area contributed by atoms with Gasteiger partial charge in [-0.3, -0.25) is 14.4 Å². The number of hydrogen-bond acceptors (Lipinski definition) is 6. The fourth-order valence-electron chi connectivity index (χ4n) is 7.06. The first kappa shape index (κ1) is 26.6. The molecule has 0 aliphatic heterocycles. The molecule has 0 aromatic carbocycles. The first-order valence-electron chi connectivity index (χ1n) is 12.7. The molecular formula is C28H37FO6Si. The van der Waals surface area contributed by atoms with Crippen molar-refractivity contribution in [2.75, 3.05) is 0 Å². The Bertz CT molecular complexity index is 1110. The molecular weight excluding hydrogens is 479 g/mol. The third-order valence-electron chi connectivity index (χ3n) is 8.52. The van der Waals surface area contributed by atoms with E-state index in [0.29, 0.717) is 25.0 Å². The van der Waals surface area contributed by atoms with Crippen LogP contribution in [0.3, 0.4) is 0 Å². The van der Waals surface area contributed by atoms with Crippen LogP contribution in [0.5, 0.6) is 0 Å². The van der Waals surface area contributed by atoms with Gasteiger partial charge in [0.05, 0.1) is 0 Å². The smallest absolute Gasteiger partial charge is 0.307 e. The van der Waals surface area contributed by atoms with Crippen LogP contribution in [0.25, 0.3) is 0 Å². The quantitative estimate of drug-likeness (QED) is 0.264. The van der Waals surface area contributed by atoms with Gasteiger partial charge in [0.2, 0.25) is 8.32 Å². The molecule has 196 valence electrons. The summed E-state index contributed by atoms with van der Waals surface area (Å²) in [5, 5.41) is 0. The predicted molar refractivity (Wildman–Crippen MR) is 136 cm³/mol. The minimum atomic E-state index is -2.09. The van der Waals surface area contributed by atoms with E-state index in [0.717, 1.165) is 11.1 Å². The second-order valence-electron chi connectivity index (χ2n) is 12.0. The van der Waals surface area contributed by atoms with Crippen molar-refractivity contribution in [3.8, 4) is 0 Å². The van der Waals surface area contributed by atoms with Crippen LogP contribution in [-0.4, -0.2) is 37.8 Å². The first-order valence-corrected chi connectivity index (χ1v) is 16.1. The largest absolute Gasteiger partial charge is 0.542 e. The molecule has 0 N–H and O–H groups in total. The molecule has 4 rings (SSSR count). The SMILES string of the molecule is CC(=O)O/C=C(\O[Si](C)(C)C)C1=CC[C@H]2[C@@H]3CCC4=CC(=O)C=C[C@]4(C)[C@@]3(F)[C@@H](OC(C)=O)C[C@]12C. The van der Waals surface area contributed by atoms with Crippen molar-refractivity contribution in [2.24, 2.45) is 22.7 Å². The van der Waals surface area contributed by atoms with E-state index in [1.807, 2.05) is 26.6 Å². The van der Waals surface area contributed by atoms with Crippen molar-refractivity contribution in [1.29, 1.82) is 0 Å². The van der Waals surface area contributed by atoms with Crippen LogP contribution in [0.4, 0.5) is 4.39 Å². The minimum Gasteiger partial charge on any atom is -0.542 e. The molecule has 0 unspecified atom stereocenters. The molecule has 0 spiro atoms. The summed E-state index contributed by atoms with van der Waals surface area (Å²) in [5.74, 6) is -1.10. The van der Waals surface area contributed by atoms with Crippen LogP contribution in [0.1, 0.15) is 53.4 Å². The van der Waals surface area contributed by atoms with Gasteiger partial charge < -0.3 is 13.9 Å². The van der Waals surface area contributed by atoms with E-state index in [9.17, 15) is 14.4 Å². The average molecular weight is 517 g/mol. The number of ether oxygens (including phenoxy) is 2. The van der Waals surface area contributed by atoms with Crippen molar-refractivity contribution in [2.45, 2.75) is 84.8 Å². The topological polar surface area (TPSA) is 78.9 Å². The van der Waals surface area contributed by atoms with E-state index in [2.05, 4.69) is 13.0 Å². The Labute approximate surface area is 213 Å². The van der Waals surface area contributed by atoms with E-state index >= 15 is 4.39 Å². The molecule has 4 aliphatic carbocycles. The Morgan fingerprint density at radius 2 is 1.83 bits per heavy atom. The highest BCUT2D eigenvalue weighted by molar-refractivity contribution is 6.70. The monoisotopic (exact) mass is 516 g/mol. The fourth-order valence-corrected chi connectivity index (χ4v) is 7.88. The van der Waals surface area contributed by atoms with Crippen LogP contribution in [0.2, 0.25) is 19.6 Å². The minimum absolute atomic E-state index is 0.0697. The molecule has 0 amide bonds. The highest BCUT2D eigenvalue weighted by Gasteiger charge is 2.71. The van der Waals surface area contributed by atoms with Gasteiger partial charge in [0.1, 0.15) is 18.1 Å². The third-order valence-corrected chi connectivity index (χ3v) is 9.35. The van der Waals surface area contributed by atoms with Crippen molar-refractivity contribution in [3.05, 3.63) is 47.5 Å². The summed E-state index contributed by atoms with van der Waals surface area (Å²) in [5.41, 5.74) is -1.83. The fraction of sp³-hybridized carbons (Fsp3) is 0.607. The zero-order chi connectivity index (χ0) is 26.7. The molecule has 0 heterocycles. The number of hydrogen-bond donors (Lipinski definition) is 0. The number of fused-ring (bicyclic) bond motifs is 5. The Balaban J connectivity index is 1.80. The molecule has 6 atom stereocenters. The summed E-state index contributed by atoms with van der Waals surface area (Å²) in [4.78, 5) is 36.0. The van der Waals surface area contributed by atoms with Crippen LogP contribution >= 0.6 is 0 Å². The molecule has 8 heteroatoms. The number of halogens is 1. The number of carbonyl (C=O) groups excluding carboxylic acids is 3. The summed E-state index contributed by atoms with van der Waals surface area (Å²) >= 11 is 0. The summed E-state index contributed by atoms with van der Waals surface area (Å²) < 4.78 is 35.1. The molecule has 0 aromatic rings. The van der Waals surface area contributed by atoms with Gasteiger partial charge in [0.15, 0.2) is 11.5 Å². The van der Waals surface area contributed by atoms with E-state index < -0.39 is 48.8 Å². The summed E-state index contributed by atoms with van der Waals surface area (Å²) in [6.45, 7) is 12.7. The lowest BCUT2D eigenvalue weighted by atomic mass is 9.45. The van der Waals surface area contributed by atoms with E-state index in [1.54, 1.807) is 12.2 Å². The molecule has 6 nitrogen and oxygen atoms in total. The molecule has 0 saturated heterocycles. The highest BCUT2D eigenvalue weighted by atomic mass is 28.4. The third kappa shape index (κ3) is 4.21. The summed E-state index contributed by atoms with van der Waals surface area (Å²) in [6, 6.07) is 0. The maximum Gasteiger partial charge on any atom is 0.307 e. The van der Waals surface area contributed by atoms with E-state index in [4.69, 9.17) is 13.9 Å². The molecule has 0 aromatic heterocycles. The molecule has 0 bridgehead atoms. The van der Waals surface area contributed by atoms with Crippen LogP contribution in [-0.2, 0) is 28.3 Å². The lowest BCUT2D eigenvalue weighted by Crippen LogP contribution is -2.67. The van der Waals surface area contributed by atoms with Crippen LogP contribution < -0.4 is 0 Å². The normalized spacial score (nSPS) is 37.7. The van der Waals surface area contributed by atoms with Gasteiger partial charge in [0, 0.05) is 30.6 Å². The second kappa shape index (κ2) is 8.82. The maximum absolute atomic E-state index is 17.7. The van der Waals surface area contributed by atoms with Gasteiger partial charge in [-0.05, 0) is 75.9 Å². The Morgan fingerprint density at radius 1 is 1.14 bits per heavy atom. The van der Waals surface area contributed by atoms with Gasteiger partial charge in [0.25, 0.3) is 0 Å². The number of carbonyl (C=O) groups is 3. The van der Waals surface area contributed by atoms with Crippen molar-refractivity contribution < 1.29 is 32.7 Å². The van der Waals surface area contributed by atoms with Gasteiger partial charge in [-0.1, -0.05) is 24.6 Å². The van der Waals surface area contributed by atoms with Gasteiger partial charge in [-0.2, -0.15) is 0 Å². The van der Waals surface area contributed by atoms with Gasteiger partial charge in [-0.15, -0.1) is 0 Å². The van der Waals surface area contributed by atoms with Crippen LogP contribution in [0, 0.1) is 22.7 Å². The lowest BCUT2D eigenvalue weighted by Gasteiger charge is -2.62. The molecule has 0 radical (unpaired) electrons. The number of esters is 2. The first-order chi connectivity index (χ1) is 16.6. The summed E-state index contributed by atoms with van der Waals surface area (Å²) in [7, 11) is -2.09. The highest BCUT2D eigenvalue weighted by Crippen LogP contribution is 2.69.